The predicted molar refractivity (Wildman–Crippen MR) is 69.7 cm³/mol. The van der Waals surface area contributed by atoms with Crippen LogP contribution in [0.15, 0.2) is 12.1 Å². The fourth-order valence-electron chi connectivity index (χ4n) is 1.54. The molecule has 0 saturated heterocycles. The first-order valence-corrected chi connectivity index (χ1v) is 6.27. The number of carboxylic acid groups (broad SMARTS) is 1. The first-order chi connectivity index (χ1) is 8.41. The zero-order valence-corrected chi connectivity index (χ0v) is 11.4. The van der Waals surface area contributed by atoms with Gasteiger partial charge in [-0.3, -0.25) is 4.79 Å². The Morgan fingerprint density at radius 1 is 1.44 bits per heavy atom. The van der Waals surface area contributed by atoms with Crippen molar-refractivity contribution in [1.29, 1.82) is 0 Å². The summed E-state index contributed by atoms with van der Waals surface area (Å²) >= 11 is 11.6. The van der Waals surface area contributed by atoms with E-state index in [9.17, 15) is 9.18 Å². The van der Waals surface area contributed by atoms with Crippen LogP contribution in [0.5, 0.6) is 0 Å². The van der Waals surface area contributed by atoms with Gasteiger partial charge in [-0.2, -0.15) is 0 Å². The number of hydrogen-bond acceptors (Lipinski definition) is 2. The van der Waals surface area contributed by atoms with Crippen LogP contribution in [0.4, 0.5) is 4.39 Å². The maximum Gasteiger partial charge on any atom is 0.303 e. The second-order valence-electron chi connectivity index (χ2n) is 3.96. The minimum atomic E-state index is -0.833. The highest BCUT2D eigenvalue weighted by Gasteiger charge is 2.12. The molecule has 0 bridgehead atoms. The third-order valence-electron chi connectivity index (χ3n) is 2.52. The van der Waals surface area contributed by atoms with Crippen LogP contribution in [0.25, 0.3) is 0 Å². The van der Waals surface area contributed by atoms with Gasteiger partial charge in [-0.1, -0.05) is 23.2 Å². The Labute approximate surface area is 115 Å². The summed E-state index contributed by atoms with van der Waals surface area (Å²) in [6.07, 6.45) is 0.607. The molecular weight excluding hydrogens is 280 g/mol. The van der Waals surface area contributed by atoms with E-state index in [1.165, 1.54) is 12.1 Å². The number of carbonyl (C=O) groups is 1. The van der Waals surface area contributed by atoms with Gasteiger partial charge in [-0.05, 0) is 37.6 Å². The SMILES string of the molecule is CC(NCCCC(=O)O)c1cc(F)c(Cl)cc1Cl. The zero-order chi connectivity index (χ0) is 13.7. The molecule has 0 aliphatic carbocycles. The number of nitrogens with one attached hydrogen (secondary N) is 1. The molecule has 2 N–H and O–H groups in total. The molecule has 6 heteroatoms. The third kappa shape index (κ3) is 4.44. The van der Waals surface area contributed by atoms with Crippen LogP contribution in [-0.4, -0.2) is 17.6 Å². The van der Waals surface area contributed by atoms with E-state index in [2.05, 4.69) is 5.32 Å². The quantitative estimate of drug-likeness (QED) is 0.622. The van der Waals surface area contributed by atoms with Gasteiger partial charge in [0.1, 0.15) is 5.82 Å². The number of carboxylic acids is 1. The lowest BCUT2D eigenvalue weighted by atomic mass is 10.1. The summed E-state index contributed by atoms with van der Waals surface area (Å²) in [5.74, 6) is -1.35. The number of rotatable bonds is 6. The first-order valence-electron chi connectivity index (χ1n) is 5.51. The van der Waals surface area contributed by atoms with Gasteiger partial charge in [0, 0.05) is 17.5 Å². The summed E-state index contributed by atoms with van der Waals surface area (Å²) in [6, 6.07) is 2.49. The number of hydrogen-bond donors (Lipinski definition) is 2. The van der Waals surface area contributed by atoms with Crippen molar-refractivity contribution in [2.24, 2.45) is 0 Å². The molecular formula is C12H14Cl2FNO2. The van der Waals surface area contributed by atoms with Crippen molar-refractivity contribution >= 4 is 29.2 Å². The summed E-state index contributed by atoms with van der Waals surface area (Å²) in [6.45, 7) is 2.35. The van der Waals surface area contributed by atoms with E-state index in [4.69, 9.17) is 28.3 Å². The Morgan fingerprint density at radius 3 is 2.72 bits per heavy atom. The van der Waals surface area contributed by atoms with Gasteiger partial charge in [0.15, 0.2) is 0 Å². The first kappa shape index (κ1) is 15.2. The van der Waals surface area contributed by atoms with Crippen molar-refractivity contribution in [3.63, 3.8) is 0 Å². The van der Waals surface area contributed by atoms with Gasteiger partial charge in [0.25, 0.3) is 0 Å². The van der Waals surface area contributed by atoms with Gasteiger partial charge < -0.3 is 10.4 Å². The van der Waals surface area contributed by atoms with Crippen LogP contribution in [0, 0.1) is 5.82 Å². The van der Waals surface area contributed by atoms with Crippen LogP contribution >= 0.6 is 23.2 Å². The monoisotopic (exact) mass is 293 g/mol. The Hall–Kier alpha value is -0.840. The van der Waals surface area contributed by atoms with Crippen molar-refractivity contribution in [2.75, 3.05) is 6.54 Å². The van der Waals surface area contributed by atoms with E-state index < -0.39 is 11.8 Å². The smallest absolute Gasteiger partial charge is 0.303 e. The Kier molecular flexibility index (Phi) is 5.85. The van der Waals surface area contributed by atoms with Crippen LogP contribution in [0.3, 0.4) is 0 Å². The molecule has 1 aromatic carbocycles. The summed E-state index contributed by atoms with van der Waals surface area (Å²) in [5.41, 5.74) is 0.605. The average molecular weight is 294 g/mol. The Bertz CT molecular complexity index is 440. The van der Waals surface area contributed by atoms with Crippen LogP contribution in [0.1, 0.15) is 31.4 Å². The average Bonchev–Trinajstić information content (AvgIpc) is 2.28. The topological polar surface area (TPSA) is 49.3 Å². The molecule has 18 heavy (non-hydrogen) atoms. The molecule has 1 unspecified atom stereocenters. The normalized spacial score (nSPS) is 12.4. The van der Waals surface area contributed by atoms with E-state index in [0.717, 1.165) is 0 Å². The van der Waals surface area contributed by atoms with Crippen LogP contribution in [0.2, 0.25) is 10.0 Å². The van der Waals surface area contributed by atoms with Crippen molar-refractivity contribution in [1.82, 2.24) is 5.32 Å². The number of benzene rings is 1. The van der Waals surface area contributed by atoms with Crippen molar-refractivity contribution in [2.45, 2.75) is 25.8 Å². The second-order valence-corrected chi connectivity index (χ2v) is 4.78. The largest absolute Gasteiger partial charge is 0.481 e. The molecule has 0 fully saturated rings. The van der Waals surface area contributed by atoms with E-state index >= 15 is 0 Å². The van der Waals surface area contributed by atoms with E-state index in [1.54, 1.807) is 0 Å². The van der Waals surface area contributed by atoms with E-state index in [1.807, 2.05) is 6.92 Å². The van der Waals surface area contributed by atoms with Crippen LogP contribution < -0.4 is 5.32 Å². The van der Waals surface area contributed by atoms with Gasteiger partial charge in [0.05, 0.1) is 5.02 Å². The molecule has 0 saturated carbocycles. The van der Waals surface area contributed by atoms with Crippen molar-refractivity contribution in [3.8, 4) is 0 Å². The fourth-order valence-corrected chi connectivity index (χ4v) is 2.08. The molecule has 1 atom stereocenters. The molecule has 0 aliphatic rings. The van der Waals surface area contributed by atoms with E-state index in [-0.39, 0.29) is 17.5 Å². The van der Waals surface area contributed by atoms with Crippen LogP contribution in [-0.2, 0) is 4.79 Å². The number of halogens is 3. The van der Waals surface area contributed by atoms with E-state index in [0.29, 0.717) is 23.6 Å². The van der Waals surface area contributed by atoms with Crippen molar-refractivity contribution < 1.29 is 14.3 Å². The molecule has 1 aromatic rings. The Balaban J connectivity index is 2.58. The summed E-state index contributed by atoms with van der Waals surface area (Å²) in [5, 5.41) is 12.0. The molecule has 100 valence electrons. The zero-order valence-electron chi connectivity index (χ0n) is 9.84. The molecule has 0 heterocycles. The molecule has 0 aliphatic heterocycles. The molecule has 0 aromatic heterocycles. The lowest BCUT2D eigenvalue weighted by Gasteiger charge is -2.16. The minimum absolute atomic E-state index is 0.0122. The molecule has 0 radical (unpaired) electrons. The molecule has 1 rings (SSSR count). The highest BCUT2D eigenvalue weighted by atomic mass is 35.5. The molecule has 0 amide bonds. The van der Waals surface area contributed by atoms with Gasteiger partial charge in [-0.15, -0.1) is 0 Å². The number of aliphatic carboxylic acids is 1. The van der Waals surface area contributed by atoms with Gasteiger partial charge >= 0.3 is 5.97 Å². The summed E-state index contributed by atoms with van der Waals surface area (Å²) < 4.78 is 13.3. The maximum absolute atomic E-state index is 13.3. The third-order valence-corrected chi connectivity index (χ3v) is 3.14. The lowest BCUT2D eigenvalue weighted by molar-refractivity contribution is -0.137. The standard InChI is InChI=1S/C12H14Cl2FNO2/c1-7(16-4-2-3-12(17)18)8-5-11(15)10(14)6-9(8)13/h5-7,16H,2-4H2,1H3,(H,17,18). The second kappa shape index (κ2) is 6.92. The highest BCUT2D eigenvalue weighted by molar-refractivity contribution is 6.35. The summed E-state index contributed by atoms with van der Waals surface area (Å²) in [7, 11) is 0. The Morgan fingerprint density at radius 2 is 2.11 bits per heavy atom. The highest BCUT2D eigenvalue weighted by Crippen LogP contribution is 2.28. The lowest BCUT2D eigenvalue weighted by Crippen LogP contribution is -2.21. The fraction of sp³-hybridized carbons (Fsp3) is 0.417. The van der Waals surface area contributed by atoms with Crippen molar-refractivity contribution in [3.05, 3.63) is 33.6 Å². The van der Waals surface area contributed by atoms with Gasteiger partial charge in [0.2, 0.25) is 0 Å². The molecule has 3 nitrogen and oxygen atoms in total. The predicted octanol–water partition coefficient (Wildman–Crippen LogP) is 3.65. The minimum Gasteiger partial charge on any atom is -0.481 e. The molecule has 0 spiro atoms. The maximum atomic E-state index is 13.3. The van der Waals surface area contributed by atoms with Gasteiger partial charge in [-0.25, -0.2) is 4.39 Å². The summed E-state index contributed by atoms with van der Waals surface area (Å²) in [4.78, 5) is 10.3.